The van der Waals surface area contributed by atoms with Crippen molar-refractivity contribution in [2.75, 3.05) is 38.5 Å². The molecule has 5 nitrogen and oxygen atoms in total. The van der Waals surface area contributed by atoms with Gasteiger partial charge >= 0.3 is 0 Å². The van der Waals surface area contributed by atoms with Crippen LogP contribution in [0.15, 0.2) is 35.2 Å². The predicted molar refractivity (Wildman–Crippen MR) is 92.3 cm³/mol. The SMILES string of the molecule is CCC1CN(CCS(=O)(=O)c2ccccc2)CCN1CC(C)O. The first-order valence-corrected chi connectivity index (χ1v) is 10.00. The normalized spacial score (nSPS) is 22.1. The molecule has 1 aromatic rings. The Morgan fingerprint density at radius 2 is 1.96 bits per heavy atom. The van der Waals surface area contributed by atoms with Gasteiger partial charge in [0.15, 0.2) is 9.84 Å². The summed E-state index contributed by atoms with van der Waals surface area (Å²) in [7, 11) is -3.21. The van der Waals surface area contributed by atoms with Crippen LogP contribution in [0.25, 0.3) is 0 Å². The van der Waals surface area contributed by atoms with Crippen molar-refractivity contribution in [3.05, 3.63) is 30.3 Å². The van der Waals surface area contributed by atoms with Gasteiger partial charge in [0.1, 0.15) is 0 Å². The number of nitrogens with zero attached hydrogens (tertiary/aromatic N) is 2. The molecule has 0 spiro atoms. The summed E-state index contributed by atoms with van der Waals surface area (Å²) in [5.41, 5.74) is 0. The smallest absolute Gasteiger partial charge is 0.179 e. The van der Waals surface area contributed by atoms with Crippen molar-refractivity contribution in [1.82, 2.24) is 9.80 Å². The van der Waals surface area contributed by atoms with E-state index in [1.54, 1.807) is 24.3 Å². The molecule has 23 heavy (non-hydrogen) atoms. The highest BCUT2D eigenvalue weighted by Gasteiger charge is 2.27. The Morgan fingerprint density at radius 1 is 1.26 bits per heavy atom. The van der Waals surface area contributed by atoms with E-state index in [4.69, 9.17) is 0 Å². The van der Waals surface area contributed by atoms with Gasteiger partial charge in [-0.15, -0.1) is 0 Å². The largest absolute Gasteiger partial charge is 0.392 e. The molecule has 1 heterocycles. The third kappa shape index (κ3) is 5.28. The van der Waals surface area contributed by atoms with E-state index in [0.717, 1.165) is 26.1 Å². The minimum Gasteiger partial charge on any atom is -0.392 e. The van der Waals surface area contributed by atoms with Crippen molar-refractivity contribution in [2.24, 2.45) is 0 Å². The van der Waals surface area contributed by atoms with Crippen molar-refractivity contribution in [1.29, 1.82) is 0 Å². The zero-order valence-electron chi connectivity index (χ0n) is 14.1. The van der Waals surface area contributed by atoms with Crippen molar-refractivity contribution < 1.29 is 13.5 Å². The van der Waals surface area contributed by atoms with Crippen LogP contribution < -0.4 is 0 Å². The number of β-amino-alcohol motifs (C(OH)–C–C–N with tert-alkyl or cyclic N) is 1. The van der Waals surface area contributed by atoms with Gasteiger partial charge in [-0.25, -0.2) is 8.42 Å². The molecule has 6 heteroatoms. The lowest BCUT2D eigenvalue weighted by molar-refractivity contribution is 0.0389. The zero-order valence-corrected chi connectivity index (χ0v) is 14.9. The van der Waals surface area contributed by atoms with Crippen LogP contribution in [-0.4, -0.2) is 73.9 Å². The van der Waals surface area contributed by atoms with Crippen LogP contribution in [-0.2, 0) is 9.84 Å². The van der Waals surface area contributed by atoms with Crippen LogP contribution in [0.2, 0.25) is 0 Å². The number of piperazine rings is 1. The first-order chi connectivity index (χ1) is 10.9. The molecule has 1 aliphatic rings. The maximum atomic E-state index is 12.4. The summed E-state index contributed by atoms with van der Waals surface area (Å²) >= 11 is 0. The number of sulfone groups is 1. The Kier molecular flexibility index (Phi) is 6.59. The lowest BCUT2D eigenvalue weighted by atomic mass is 10.1. The van der Waals surface area contributed by atoms with Gasteiger partial charge in [-0.2, -0.15) is 0 Å². The Bertz CT molecular complexity index is 575. The average Bonchev–Trinajstić information content (AvgIpc) is 2.54. The van der Waals surface area contributed by atoms with Crippen molar-refractivity contribution in [2.45, 2.75) is 37.3 Å². The van der Waals surface area contributed by atoms with Gasteiger partial charge in [0.2, 0.25) is 0 Å². The van der Waals surface area contributed by atoms with E-state index in [1.807, 2.05) is 13.0 Å². The number of hydrogen-bond donors (Lipinski definition) is 1. The minimum atomic E-state index is -3.21. The highest BCUT2D eigenvalue weighted by molar-refractivity contribution is 7.91. The van der Waals surface area contributed by atoms with Gasteiger partial charge in [-0.1, -0.05) is 25.1 Å². The lowest BCUT2D eigenvalue weighted by Crippen LogP contribution is -2.55. The summed E-state index contributed by atoms with van der Waals surface area (Å²) in [6.07, 6.45) is 0.684. The minimum absolute atomic E-state index is 0.157. The van der Waals surface area contributed by atoms with Crippen LogP contribution >= 0.6 is 0 Å². The summed E-state index contributed by atoms with van der Waals surface area (Å²) in [6.45, 7) is 7.82. The summed E-state index contributed by atoms with van der Waals surface area (Å²) in [6, 6.07) is 9.04. The fraction of sp³-hybridized carbons (Fsp3) is 0.647. The quantitative estimate of drug-likeness (QED) is 0.809. The Labute approximate surface area is 139 Å². The average molecular weight is 340 g/mol. The number of aliphatic hydroxyl groups is 1. The Morgan fingerprint density at radius 3 is 2.57 bits per heavy atom. The van der Waals surface area contributed by atoms with E-state index in [1.165, 1.54) is 0 Å². The first kappa shape index (κ1) is 18.4. The molecule has 2 rings (SSSR count). The molecule has 0 radical (unpaired) electrons. The van der Waals surface area contributed by atoms with Gasteiger partial charge in [-0.05, 0) is 25.5 Å². The van der Waals surface area contributed by atoms with Gasteiger partial charge in [0.25, 0.3) is 0 Å². The second-order valence-electron chi connectivity index (χ2n) is 6.34. The molecule has 0 aliphatic carbocycles. The molecule has 1 saturated heterocycles. The van der Waals surface area contributed by atoms with E-state index < -0.39 is 9.84 Å². The van der Waals surface area contributed by atoms with Crippen molar-refractivity contribution in [3.63, 3.8) is 0 Å². The van der Waals surface area contributed by atoms with E-state index in [2.05, 4.69) is 16.7 Å². The highest BCUT2D eigenvalue weighted by Crippen LogP contribution is 2.15. The number of rotatable bonds is 7. The van der Waals surface area contributed by atoms with E-state index in [9.17, 15) is 13.5 Å². The molecule has 2 atom stereocenters. The number of aliphatic hydroxyl groups excluding tert-OH is 1. The number of hydrogen-bond acceptors (Lipinski definition) is 5. The third-order valence-corrected chi connectivity index (χ3v) is 6.15. The molecule has 1 fully saturated rings. The van der Waals surface area contributed by atoms with Crippen LogP contribution in [0.4, 0.5) is 0 Å². The lowest BCUT2D eigenvalue weighted by Gasteiger charge is -2.41. The molecule has 130 valence electrons. The first-order valence-electron chi connectivity index (χ1n) is 8.34. The predicted octanol–water partition coefficient (Wildman–Crippen LogP) is 1.24. The zero-order chi connectivity index (χ0) is 16.9. The molecule has 1 aliphatic heterocycles. The van der Waals surface area contributed by atoms with Gasteiger partial charge < -0.3 is 5.11 Å². The monoisotopic (exact) mass is 340 g/mol. The fourth-order valence-electron chi connectivity index (χ4n) is 3.12. The topological polar surface area (TPSA) is 60.9 Å². The second kappa shape index (κ2) is 8.24. The molecular formula is C17H28N2O3S. The third-order valence-electron chi connectivity index (χ3n) is 4.44. The summed E-state index contributed by atoms with van der Waals surface area (Å²) < 4.78 is 24.7. The molecular weight excluding hydrogens is 312 g/mol. The molecule has 1 N–H and O–H groups in total. The summed E-state index contributed by atoms with van der Waals surface area (Å²) in [5.74, 6) is 0.157. The Balaban J connectivity index is 1.90. The van der Waals surface area contributed by atoms with Crippen LogP contribution in [0, 0.1) is 0 Å². The molecule has 0 bridgehead atoms. The molecule has 0 amide bonds. The highest BCUT2D eigenvalue weighted by atomic mass is 32.2. The molecule has 0 saturated carbocycles. The van der Waals surface area contributed by atoms with Crippen molar-refractivity contribution in [3.8, 4) is 0 Å². The standard InChI is InChI=1S/C17H28N2O3S/c1-3-16-14-18(9-10-19(16)13-15(2)20)11-12-23(21,22)17-7-5-4-6-8-17/h4-8,15-16,20H,3,9-14H2,1-2H3. The second-order valence-corrected chi connectivity index (χ2v) is 8.45. The van der Waals surface area contributed by atoms with Gasteiger partial charge in [0.05, 0.1) is 16.8 Å². The van der Waals surface area contributed by atoms with E-state index in [0.29, 0.717) is 24.0 Å². The van der Waals surface area contributed by atoms with Crippen LogP contribution in [0.3, 0.4) is 0 Å². The van der Waals surface area contributed by atoms with Gasteiger partial charge in [0, 0.05) is 38.8 Å². The van der Waals surface area contributed by atoms with Crippen molar-refractivity contribution >= 4 is 9.84 Å². The van der Waals surface area contributed by atoms with E-state index >= 15 is 0 Å². The number of benzene rings is 1. The molecule has 2 unspecified atom stereocenters. The maximum absolute atomic E-state index is 12.4. The van der Waals surface area contributed by atoms with Crippen LogP contribution in [0.5, 0.6) is 0 Å². The molecule has 1 aromatic carbocycles. The van der Waals surface area contributed by atoms with Gasteiger partial charge in [-0.3, -0.25) is 9.80 Å². The van der Waals surface area contributed by atoms with Crippen LogP contribution in [0.1, 0.15) is 20.3 Å². The maximum Gasteiger partial charge on any atom is 0.179 e. The van der Waals surface area contributed by atoms with E-state index in [-0.39, 0.29) is 11.9 Å². The summed E-state index contributed by atoms with van der Waals surface area (Å²) in [5, 5.41) is 9.59. The fourth-order valence-corrected chi connectivity index (χ4v) is 4.43. The molecule has 0 aromatic heterocycles. The Hall–Kier alpha value is -0.950. The summed E-state index contributed by atoms with van der Waals surface area (Å²) in [4.78, 5) is 4.94.